The minimum atomic E-state index is -0.241. The van der Waals surface area contributed by atoms with Crippen LogP contribution in [0.25, 0.3) is 0 Å². The normalized spacial score (nSPS) is 16.1. The molecule has 0 amide bonds. The Hall–Kier alpha value is -0.0800. The highest BCUT2D eigenvalue weighted by Gasteiger charge is 2.18. The molecule has 0 spiro atoms. The second-order valence-corrected chi connectivity index (χ2v) is 2.90. The Bertz CT molecular complexity index is 65.4. The molecule has 0 saturated carbocycles. The number of aliphatic hydroxyl groups excluding tert-OH is 1. The van der Waals surface area contributed by atoms with Crippen LogP contribution < -0.4 is 5.73 Å². The molecule has 2 nitrogen and oxygen atoms in total. The highest BCUT2D eigenvalue weighted by molar-refractivity contribution is 4.77. The van der Waals surface area contributed by atoms with Crippen LogP contribution in [0.1, 0.15) is 20.8 Å². The molecule has 0 aliphatic heterocycles. The molecule has 0 aromatic heterocycles. The van der Waals surface area contributed by atoms with Gasteiger partial charge in [-0.3, -0.25) is 0 Å². The second-order valence-electron chi connectivity index (χ2n) is 2.90. The molecule has 0 aliphatic rings. The van der Waals surface area contributed by atoms with Crippen molar-refractivity contribution in [3.63, 3.8) is 0 Å². The topological polar surface area (TPSA) is 46.2 Å². The lowest BCUT2D eigenvalue weighted by atomic mass is 9.91. The Balaban J connectivity index is 3.62. The fourth-order valence-corrected chi connectivity index (χ4v) is 0.235. The molecule has 2 heteroatoms. The van der Waals surface area contributed by atoms with E-state index < -0.39 is 0 Å². The number of rotatable bonds is 2. The van der Waals surface area contributed by atoms with Gasteiger partial charge in [-0.1, -0.05) is 6.92 Å². The van der Waals surface area contributed by atoms with E-state index in [2.05, 4.69) is 0 Å². The molecule has 0 aromatic rings. The first-order valence-electron chi connectivity index (χ1n) is 2.88. The molecule has 1 atom stereocenters. The van der Waals surface area contributed by atoms with Crippen LogP contribution in [0, 0.1) is 5.92 Å². The molecule has 0 fully saturated rings. The molecule has 0 aromatic carbocycles. The van der Waals surface area contributed by atoms with Crippen molar-refractivity contribution in [1.29, 1.82) is 0 Å². The van der Waals surface area contributed by atoms with Crippen molar-refractivity contribution in [2.75, 3.05) is 6.61 Å². The molecule has 0 rings (SSSR count). The van der Waals surface area contributed by atoms with Gasteiger partial charge in [0.05, 0.1) is 0 Å². The van der Waals surface area contributed by atoms with Crippen LogP contribution >= 0.6 is 0 Å². The van der Waals surface area contributed by atoms with Gasteiger partial charge in [0.1, 0.15) is 0 Å². The third kappa shape index (κ3) is 2.28. The van der Waals surface area contributed by atoms with Gasteiger partial charge in [0.2, 0.25) is 0 Å². The molecule has 8 heavy (non-hydrogen) atoms. The molecule has 0 heterocycles. The zero-order valence-electron chi connectivity index (χ0n) is 5.81. The molecule has 0 radical (unpaired) electrons. The van der Waals surface area contributed by atoms with E-state index in [0.29, 0.717) is 0 Å². The third-order valence-electron chi connectivity index (χ3n) is 1.54. The van der Waals surface area contributed by atoms with Gasteiger partial charge in [-0.05, 0) is 19.8 Å². The first-order valence-corrected chi connectivity index (χ1v) is 2.88. The van der Waals surface area contributed by atoms with Crippen LogP contribution in [-0.2, 0) is 0 Å². The van der Waals surface area contributed by atoms with Crippen LogP contribution in [0.3, 0.4) is 0 Å². The molecule has 0 aliphatic carbocycles. The van der Waals surface area contributed by atoms with Gasteiger partial charge < -0.3 is 10.8 Å². The highest BCUT2D eigenvalue weighted by atomic mass is 16.3. The lowest BCUT2D eigenvalue weighted by molar-refractivity contribution is 0.184. The summed E-state index contributed by atoms with van der Waals surface area (Å²) >= 11 is 0. The van der Waals surface area contributed by atoms with Gasteiger partial charge >= 0.3 is 0 Å². The summed E-state index contributed by atoms with van der Waals surface area (Å²) in [6.45, 7) is 5.92. The lowest BCUT2D eigenvalue weighted by Crippen LogP contribution is -2.40. The van der Waals surface area contributed by atoms with E-state index in [9.17, 15) is 0 Å². The fraction of sp³-hybridized carbons (Fsp3) is 1.00. The van der Waals surface area contributed by atoms with Crippen molar-refractivity contribution in [2.45, 2.75) is 26.3 Å². The first kappa shape index (κ1) is 7.92. The van der Waals surface area contributed by atoms with Crippen LogP contribution in [-0.4, -0.2) is 17.3 Å². The average molecular weight is 117 g/mol. The minimum Gasteiger partial charge on any atom is -0.396 e. The first-order chi connectivity index (χ1) is 3.48. The zero-order chi connectivity index (χ0) is 6.78. The molecule has 3 N–H and O–H groups in total. The maximum atomic E-state index is 8.59. The predicted molar refractivity (Wildman–Crippen MR) is 34.5 cm³/mol. The van der Waals surface area contributed by atoms with Gasteiger partial charge in [0.15, 0.2) is 0 Å². The summed E-state index contributed by atoms with van der Waals surface area (Å²) in [5.41, 5.74) is 5.39. The molecule has 50 valence electrons. The van der Waals surface area contributed by atoms with E-state index in [1.165, 1.54) is 0 Å². The number of nitrogens with two attached hydrogens (primary N) is 1. The van der Waals surface area contributed by atoms with Crippen molar-refractivity contribution in [1.82, 2.24) is 0 Å². The smallest absolute Gasteiger partial charge is 0.0473 e. The Morgan fingerprint density at radius 2 is 2.00 bits per heavy atom. The van der Waals surface area contributed by atoms with Crippen LogP contribution in [0.2, 0.25) is 0 Å². The predicted octanol–water partition coefficient (Wildman–Crippen LogP) is 0.352. The standard InChI is InChI=1S/C6H15NO/c1-5(4-8)6(2,3)7/h5,8H,4,7H2,1-3H3. The zero-order valence-corrected chi connectivity index (χ0v) is 5.81. The number of hydrogen-bond donors (Lipinski definition) is 2. The number of hydrogen-bond acceptors (Lipinski definition) is 2. The summed E-state index contributed by atoms with van der Waals surface area (Å²) in [5.74, 6) is 0.183. The Kier molecular flexibility index (Phi) is 2.44. The van der Waals surface area contributed by atoms with Gasteiger partial charge in [0.25, 0.3) is 0 Å². The molecular formula is C6H15NO. The van der Waals surface area contributed by atoms with Crippen molar-refractivity contribution in [3.8, 4) is 0 Å². The van der Waals surface area contributed by atoms with Crippen molar-refractivity contribution in [2.24, 2.45) is 11.7 Å². The van der Waals surface area contributed by atoms with Gasteiger partial charge in [0, 0.05) is 12.1 Å². The second kappa shape index (κ2) is 2.46. The summed E-state index contributed by atoms with van der Waals surface area (Å²) in [6.07, 6.45) is 0. The summed E-state index contributed by atoms with van der Waals surface area (Å²) in [5, 5.41) is 8.59. The van der Waals surface area contributed by atoms with Gasteiger partial charge in [-0.2, -0.15) is 0 Å². The van der Waals surface area contributed by atoms with Crippen molar-refractivity contribution in [3.05, 3.63) is 0 Å². The summed E-state index contributed by atoms with van der Waals surface area (Å²) in [4.78, 5) is 0. The van der Waals surface area contributed by atoms with E-state index >= 15 is 0 Å². The van der Waals surface area contributed by atoms with E-state index in [4.69, 9.17) is 10.8 Å². The Morgan fingerprint density at radius 1 is 1.62 bits per heavy atom. The van der Waals surface area contributed by atoms with Gasteiger partial charge in [-0.15, -0.1) is 0 Å². The van der Waals surface area contributed by atoms with Crippen molar-refractivity contribution < 1.29 is 5.11 Å². The SMILES string of the molecule is CC(CO)C(C)(C)N. The minimum absolute atomic E-state index is 0.170. The fourth-order valence-electron chi connectivity index (χ4n) is 0.235. The molecular weight excluding hydrogens is 102 g/mol. The highest BCUT2D eigenvalue weighted by Crippen LogP contribution is 2.10. The summed E-state index contributed by atoms with van der Waals surface area (Å²) < 4.78 is 0. The monoisotopic (exact) mass is 117 g/mol. The molecule has 0 bridgehead atoms. The van der Waals surface area contributed by atoms with Crippen LogP contribution in [0.4, 0.5) is 0 Å². The van der Waals surface area contributed by atoms with Crippen LogP contribution in [0.15, 0.2) is 0 Å². The van der Waals surface area contributed by atoms with Crippen LogP contribution in [0.5, 0.6) is 0 Å². The third-order valence-corrected chi connectivity index (χ3v) is 1.54. The van der Waals surface area contributed by atoms with Crippen molar-refractivity contribution >= 4 is 0 Å². The average Bonchev–Trinajstić information content (AvgIpc) is 1.62. The van der Waals surface area contributed by atoms with E-state index in [0.717, 1.165) is 0 Å². The van der Waals surface area contributed by atoms with E-state index in [-0.39, 0.29) is 18.1 Å². The Labute approximate surface area is 50.7 Å². The quantitative estimate of drug-likeness (QED) is 0.548. The molecule has 0 saturated heterocycles. The Morgan fingerprint density at radius 3 is 2.00 bits per heavy atom. The summed E-state index contributed by atoms with van der Waals surface area (Å²) in [7, 11) is 0. The maximum Gasteiger partial charge on any atom is 0.0473 e. The van der Waals surface area contributed by atoms with E-state index in [1.807, 2.05) is 20.8 Å². The van der Waals surface area contributed by atoms with E-state index in [1.54, 1.807) is 0 Å². The summed E-state index contributed by atoms with van der Waals surface area (Å²) in [6, 6.07) is 0. The largest absolute Gasteiger partial charge is 0.396 e. The maximum absolute atomic E-state index is 8.59. The molecule has 1 unspecified atom stereocenters. The van der Waals surface area contributed by atoms with Gasteiger partial charge in [-0.25, -0.2) is 0 Å². The lowest BCUT2D eigenvalue weighted by Gasteiger charge is -2.24. The number of aliphatic hydroxyl groups is 1.